The molecule has 1 heterocycles. The molecule has 2 aromatic rings. The Kier molecular flexibility index (Phi) is 4.86. The van der Waals surface area contributed by atoms with E-state index < -0.39 is 6.10 Å². The molecule has 1 atom stereocenters. The van der Waals surface area contributed by atoms with Crippen LogP contribution in [0.25, 0.3) is 0 Å². The lowest BCUT2D eigenvalue weighted by Crippen LogP contribution is -2.30. The van der Waals surface area contributed by atoms with E-state index in [1.54, 1.807) is 30.6 Å². The van der Waals surface area contributed by atoms with Crippen LogP contribution < -0.4 is 10.1 Å². The topological polar surface area (TPSA) is 51.2 Å². The minimum atomic E-state index is -0.685. The first-order valence-corrected chi connectivity index (χ1v) is 7.43. The molecule has 0 saturated carbocycles. The normalized spacial score (nSPS) is 12.0. The van der Waals surface area contributed by atoms with Gasteiger partial charge in [0.25, 0.3) is 5.91 Å². The van der Waals surface area contributed by atoms with E-state index in [-0.39, 0.29) is 5.91 Å². The van der Waals surface area contributed by atoms with Crippen LogP contribution in [0, 0.1) is 6.92 Å². The van der Waals surface area contributed by atoms with Gasteiger partial charge in [-0.25, -0.2) is 4.98 Å². The second-order valence-electron chi connectivity index (χ2n) is 4.09. The van der Waals surface area contributed by atoms with E-state index in [0.29, 0.717) is 20.8 Å². The van der Waals surface area contributed by atoms with Gasteiger partial charge in [0.2, 0.25) is 0 Å². The van der Waals surface area contributed by atoms with Crippen LogP contribution >= 0.6 is 34.5 Å². The number of anilines is 1. The fraction of sp³-hybridized carbons (Fsp3) is 0.231. The van der Waals surface area contributed by atoms with Crippen molar-refractivity contribution in [3.05, 3.63) is 39.4 Å². The van der Waals surface area contributed by atoms with E-state index in [9.17, 15) is 4.79 Å². The average molecular weight is 331 g/mol. The predicted octanol–water partition coefficient (Wildman–Crippen LogP) is 4.16. The third kappa shape index (κ3) is 3.62. The van der Waals surface area contributed by atoms with Crippen LogP contribution in [0.3, 0.4) is 0 Å². The minimum Gasteiger partial charge on any atom is -0.479 e. The first-order chi connectivity index (χ1) is 9.47. The lowest BCUT2D eigenvalue weighted by molar-refractivity contribution is -0.122. The first-order valence-electron chi connectivity index (χ1n) is 5.80. The van der Waals surface area contributed by atoms with Gasteiger partial charge in [0, 0.05) is 5.02 Å². The molecule has 0 aliphatic carbocycles. The van der Waals surface area contributed by atoms with Crippen molar-refractivity contribution in [3.63, 3.8) is 0 Å². The van der Waals surface area contributed by atoms with Gasteiger partial charge in [-0.3, -0.25) is 4.79 Å². The molecule has 0 aliphatic rings. The number of amides is 1. The summed E-state index contributed by atoms with van der Waals surface area (Å²) in [5.41, 5.74) is 2.45. The second-order valence-corrected chi connectivity index (χ2v) is 5.79. The van der Waals surface area contributed by atoms with Gasteiger partial charge in [-0.2, -0.15) is 0 Å². The molecule has 0 bridgehead atoms. The van der Waals surface area contributed by atoms with Crippen molar-refractivity contribution in [2.45, 2.75) is 20.0 Å². The van der Waals surface area contributed by atoms with Crippen molar-refractivity contribution in [3.8, 4) is 5.75 Å². The minimum absolute atomic E-state index is 0.261. The molecule has 1 aromatic carbocycles. The number of aromatic nitrogens is 1. The van der Waals surface area contributed by atoms with Crippen molar-refractivity contribution in [2.24, 2.45) is 0 Å². The fourth-order valence-corrected chi connectivity index (χ4v) is 2.60. The number of hydrogen-bond donors (Lipinski definition) is 1. The van der Waals surface area contributed by atoms with Crippen LogP contribution in [0.5, 0.6) is 5.75 Å². The molecule has 0 saturated heterocycles. The molecule has 0 aliphatic heterocycles. The molecule has 0 fully saturated rings. The van der Waals surface area contributed by atoms with Crippen molar-refractivity contribution >= 4 is 45.4 Å². The van der Waals surface area contributed by atoms with Crippen LogP contribution in [0.15, 0.2) is 23.7 Å². The number of nitrogens with one attached hydrogen (secondary N) is 1. The SMILES string of the molecule is Cc1ncsc1NC(=O)[C@@H](C)Oc1ccc(Cl)cc1Cl. The zero-order valence-corrected chi connectivity index (χ0v) is 13.1. The molecule has 1 aromatic heterocycles. The average Bonchev–Trinajstić information content (AvgIpc) is 2.78. The van der Waals surface area contributed by atoms with Gasteiger partial charge in [0.15, 0.2) is 6.10 Å². The third-order valence-electron chi connectivity index (χ3n) is 2.55. The van der Waals surface area contributed by atoms with Gasteiger partial charge >= 0.3 is 0 Å². The van der Waals surface area contributed by atoms with Gasteiger partial charge < -0.3 is 10.1 Å². The summed E-state index contributed by atoms with van der Waals surface area (Å²) < 4.78 is 5.53. The summed E-state index contributed by atoms with van der Waals surface area (Å²) in [5, 5.41) is 4.36. The highest BCUT2D eigenvalue weighted by Crippen LogP contribution is 2.28. The fourth-order valence-electron chi connectivity index (χ4n) is 1.45. The zero-order chi connectivity index (χ0) is 14.7. The smallest absolute Gasteiger partial charge is 0.265 e. The zero-order valence-electron chi connectivity index (χ0n) is 10.8. The summed E-state index contributed by atoms with van der Waals surface area (Å²) in [5.74, 6) is 0.156. The molecule has 4 nitrogen and oxygen atoms in total. The molecule has 0 radical (unpaired) electrons. The lowest BCUT2D eigenvalue weighted by Gasteiger charge is -2.15. The molecule has 7 heteroatoms. The summed E-state index contributed by atoms with van der Waals surface area (Å²) in [6.07, 6.45) is -0.685. The van der Waals surface area contributed by atoms with Crippen molar-refractivity contribution in [2.75, 3.05) is 5.32 Å². The van der Waals surface area contributed by atoms with E-state index >= 15 is 0 Å². The van der Waals surface area contributed by atoms with Crippen molar-refractivity contribution in [1.29, 1.82) is 0 Å². The summed E-state index contributed by atoms with van der Waals surface area (Å²) >= 11 is 13.2. The molecule has 1 amide bonds. The van der Waals surface area contributed by atoms with Gasteiger partial charge in [-0.15, -0.1) is 11.3 Å². The predicted molar refractivity (Wildman–Crippen MR) is 82.0 cm³/mol. The summed E-state index contributed by atoms with van der Waals surface area (Å²) in [7, 11) is 0. The number of carbonyl (C=O) groups is 1. The highest BCUT2D eigenvalue weighted by molar-refractivity contribution is 7.14. The highest BCUT2D eigenvalue weighted by atomic mass is 35.5. The molecule has 0 unspecified atom stereocenters. The van der Waals surface area contributed by atoms with Crippen molar-refractivity contribution < 1.29 is 9.53 Å². The Morgan fingerprint density at radius 2 is 2.20 bits per heavy atom. The maximum Gasteiger partial charge on any atom is 0.265 e. The maximum atomic E-state index is 12.0. The lowest BCUT2D eigenvalue weighted by atomic mass is 10.3. The van der Waals surface area contributed by atoms with Gasteiger partial charge in [0.05, 0.1) is 16.2 Å². The number of nitrogens with zero attached hydrogens (tertiary/aromatic N) is 1. The largest absolute Gasteiger partial charge is 0.479 e. The molecule has 20 heavy (non-hydrogen) atoms. The second kappa shape index (κ2) is 6.43. The van der Waals surface area contributed by atoms with E-state index in [4.69, 9.17) is 27.9 Å². The van der Waals surface area contributed by atoms with Crippen LogP contribution in [0.1, 0.15) is 12.6 Å². The molecule has 2 rings (SSSR count). The summed E-state index contributed by atoms with van der Waals surface area (Å²) in [4.78, 5) is 16.1. The van der Waals surface area contributed by atoms with Crippen molar-refractivity contribution in [1.82, 2.24) is 4.98 Å². The monoisotopic (exact) mass is 330 g/mol. The Bertz CT molecular complexity index is 631. The van der Waals surface area contributed by atoms with E-state index in [0.717, 1.165) is 5.69 Å². The van der Waals surface area contributed by atoms with E-state index in [1.165, 1.54) is 11.3 Å². The molecule has 106 valence electrons. The van der Waals surface area contributed by atoms with Crippen LogP contribution in [-0.2, 0) is 4.79 Å². The van der Waals surface area contributed by atoms with Crippen LogP contribution in [0.2, 0.25) is 10.0 Å². The quantitative estimate of drug-likeness (QED) is 0.915. The van der Waals surface area contributed by atoms with E-state index in [2.05, 4.69) is 10.3 Å². The number of ether oxygens (including phenoxy) is 1. The molecule has 1 N–H and O–H groups in total. The van der Waals surface area contributed by atoms with Gasteiger partial charge in [-0.1, -0.05) is 23.2 Å². The molecular weight excluding hydrogens is 319 g/mol. The summed E-state index contributed by atoms with van der Waals surface area (Å²) in [6, 6.07) is 4.85. The Morgan fingerprint density at radius 3 is 2.80 bits per heavy atom. The molecule has 0 spiro atoms. The van der Waals surface area contributed by atoms with Crippen LogP contribution in [0.4, 0.5) is 5.00 Å². The maximum absolute atomic E-state index is 12.0. The molecular formula is C13H12Cl2N2O2S. The Labute approximate surface area is 130 Å². The third-order valence-corrected chi connectivity index (χ3v) is 3.92. The number of carbonyl (C=O) groups excluding carboxylic acids is 1. The van der Waals surface area contributed by atoms with E-state index in [1.807, 2.05) is 6.92 Å². The van der Waals surface area contributed by atoms with Gasteiger partial charge in [-0.05, 0) is 32.0 Å². The number of rotatable bonds is 4. The number of benzene rings is 1. The van der Waals surface area contributed by atoms with Gasteiger partial charge in [0.1, 0.15) is 10.8 Å². The Hall–Kier alpha value is -1.30. The highest BCUT2D eigenvalue weighted by Gasteiger charge is 2.17. The summed E-state index contributed by atoms with van der Waals surface area (Å²) in [6.45, 7) is 3.48. The number of halogens is 2. The Balaban J connectivity index is 2.02. The number of aryl methyl sites for hydroxylation is 1. The number of hydrogen-bond acceptors (Lipinski definition) is 4. The first kappa shape index (κ1) is 15.1. The van der Waals surface area contributed by atoms with Crippen LogP contribution in [-0.4, -0.2) is 17.0 Å². The number of thiazole rings is 1. The Morgan fingerprint density at radius 1 is 1.45 bits per heavy atom. The standard InChI is InChI=1S/C13H12Cl2N2O2S/c1-7-13(20-6-16-7)17-12(18)8(2)19-11-4-3-9(14)5-10(11)15/h3-6,8H,1-2H3,(H,17,18)/t8-/m1/s1.